The quantitative estimate of drug-likeness (QED) is 0.800. The van der Waals surface area contributed by atoms with Gasteiger partial charge in [0.1, 0.15) is 0 Å². The Morgan fingerprint density at radius 3 is 3.07 bits per heavy atom. The van der Waals surface area contributed by atoms with Gasteiger partial charge in [-0.25, -0.2) is 0 Å². The van der Waals surface area contributed by atoms with E-state index in [1.54, 1.807) is 0 Å². The number of benzene rings is 1. The molecule has 0 aromatic heterocycles. The van der Waals surface area contributed by atoms with Gasteiger partial charge in [0, 0.05) is 18.6 Å². The van der Waals surface area contributed by atoms with Crippen molar-refractivity contribution in [2.45, 2.75) is 25.8 Å². The Hall–Kier alpha value is -0.860. The second kappa shape index (κ2) is 4.77. The van der Waals surface area contributed by atoms with Crippen molar-refractivity contribution in [1.29, 1.82) is 0 Å². The van der Waals surface area contributed by atoms with Crippen LogP contribution in [0.25, 0.3) is 0 Å². The summed E-state index contributed by atoms with van der Waals surface area (Å²) < 4.78 is 5.47. The molecule has 2 nitrogen and oxygen atoms in total. The van der Waals surface area contributed by atoms with Gasteiger partial charge in [-0.15, -0.1) is 0 Å². The zero-order valence-corrected chi connectivity index (χ0v) is 9.28. The fraction of sp³-hybridized carbons (Fsp3) is 0.538. The topological polar surface area (TPSA) is 35.2 Å². The molecule has 82 valence electrons. The van der Waals surface area contributed by atoms with Gasteiger partial charge < -0.3 is 10.5 Å². The largest absolute Gasteiger partial charge is 0.381 e. The van der Waals surface area contributed by atoms with Gasteiger partial charge >= 0.3 is 0 Å². The molecule has 0 aliphatic carbocycles. The first kappa shape index (κ1) is 10.7. The minimum atomic E-state index is 0.305. The average Bonchev–Trinajstić information content (AvgIpc) is 2.22. The second-order valence-electron chi connectivity index (χ2n) is 4.48. The Kier molecular flexibility index (Phi) is 3.39. The normalized spacial score (nSPS) is 26.5. The third-order valence-electron chi connectivity index (χ3n) is 3.11. The van der Waals surface area contributed by atoms with Gasteiger partial charge in [0.2, 0.25) is 0 Å². The molecule has 2 rings (SSSR count). The molecule has 1 aromatic carbocycles. The van der Waals surface area contributed by atoms with Crippen molar-refractivity contribution in [2.24, 2.45) is 11.7 Å². The molecular formula is C13H19NO. The van der Waals surface area contributed by atoms with Crippen molar-refractivity contribution >= 4 is 0 Å². The van der Waals surface area contributed by atoms with E-state index in [4.69, 9.17) is 10.5 Å². The van der Waals surface area contributed by atoms with Crippen LogP contribution in [0.3, 0.4) is 0 Å². The Balaban J connectivity index is 2.01. The van der Waals surface area contributed by atoms with Gasteiger partial charge in [0.25, 0.3) is 0 Å². The van der Waals surface area contributed by atoms with Crippen LogP contribution in [-0.2, 0) is 11.2 Å². The molecule has 1 fully saturated rings. The maximum absolute atomic E-state index is 6.08. The van der Waals surface area contributed by atoms with Crippen molar-refractivity contribution in [3.05, 3.63) is 35.4 Å². The molecule has 0 amide bonds. The second-order valence-corrected chi connectivity index (χ2v) is 4.48. The third-order valence-corrected chi connectivity index (χ3v) is 3.11. The predicted molar refractivity (Wildman–Crippen MR) is 61.8 cm³/mol. The lowest BCUT2D eigenvalue weighted by molar-refractivity contribution is 0.0422. The molecule has 2 heteroatoms. The Bertz CT molecular complexity index is 324. The molecule has 1 aliphatic heterocycles. The van der Waals surface area contributed by atoms with Crippen LogP contribution >= 0.6 is 0 Å². The van der Waals surface area contributed by atoms with E-state index in [1.807, 2.05) is 0 Å². The highest BCUT2D eigenvalue weighted by molar-refractivity contribution is 5.22. The van der Waals surface area contributed by atoms with E-state index >= 15 is 0 Å². The number of nitrogens with two attached hydrogens (primary N) is 1. The first-order valence-corrected chi connectivity index (χ1v) is 5.64. The molecule has 15 heavy (non-hydrogen) atoms. The van der Waals surface area contributed by atoms with E-state index in [0.717, 1.165) is 26.1 Å². The van der Waals surface area contributed by atoms with E-state index in [1.165, 1.54) is 11.1 Å². The molecule has 2 unspecified atom stereocenters. The zero-order valence-electron chi connectivity index (χ0n) is 9.28. The van der Waals surface area contributed by atoms with Crippen LogP contribution in [0.5, 0.6) is 0 Å². The van der Waals surface area contributed by atoms with Crippen molar-refractivity contribution in [3.63, 3.8) is 0 Å². The van der Waals surface area contributed by atoms with Crippen molar-refractivity contribution < 1.29 is 4.74 Å². The summed E-state index contributed by atoms with van der Waals surface area (Å²) in [4.78, 5) is 0. The van der Waals surface area contributed by atoms with Crippen LogP contribution in [-0.4, -0.2) is 19.3 Å². The van der Waals surface area contributed by atoms with Gasteiger partial charge in [-0.1, -0.05) is 29.8 Å². The molecule has 2 atom stereocenters. The molecule has 2 N–H and O–H groups in total. The summed E-state index contributed by atoms with van der Waals surface area (Å²) in [6.07, 6.45) is 2.04. The van der Waals surface area contributed by atoms with Gasteiger partial charge in [-0.05, 0) is 25.3 Å². The van der Waals surface area contributed by atoms with E-state index < -0.39 is 0 Å². The van der Waals surface area contributed by atoms with Crippen LogP contribution in [0.1, 0.15) is 17.5 Å². The Morgan fingerprint density at radius 2 is 2.33 bits per heavy atom. The molecule has 0 saturated carbocycles. The highest BCUT2D eigenvalue weighted by Crippen LogP contribution is 2.18. The minimum Gasteiger partial charge on any atom is -0.381 e. The standard InChI is InChI=1S/C13H19NO/c1-10-3-2-4-11(7-10)8-12-9-15-6-5-13(12)14/h2-4,7,12-13H,5-6,8-9,14H2,1H3. The lowest BCUT2D eigenvalue weighted by Gasteiger charge is -2.28. The Morgan fingerprint density at radius 1 is 1.47 bits per heavy atom. The molecular weight excluding hydrogens is 186 g/mol. The van der Waals surface area contributed by atoms with E-state index in [9.17, 15) is 0 Å². The van der Waals surface area contributed by atoms with Crippen LogP contribution in [0.2, 0.25) is 0 Å². The van der Waals surface area contributed by atoms with E-state index in [2.05, 4.69) is 31.2 Å². The summed E-state index contributed by atoms with van der Waals surface area (Å²) in [5, 5.41) is 0. The summed E-state index contributed by atoms with van der Waals surface area (Å²) in [6.45, 7) is 3.77. The number of rotatable bonds is 2. The van der Waals surface area contributed by atoms with Crippen molar-refractivity contribution in [1.82, 2.24) is 0 Å². The predicted octanol–water partition coefficient (Wildman–Crippen LogP) is 1.90. The smallest absolute Gasteiger partial charge is 0.0512 e. The summed E-state index contributed by atoms with van der Waals surface area (Å²) in [5.41, 5.74) is 8.78. The molecule has 0 bridgehead atoms. The van der Waals surface area contributed by atoms with Gasteiger partial charge in [-0.2, -0.15) is 0 Å². The number of hydrogen-bond donors (Lipinski definition) is 1. The van der Waals surface area contributed by atoms with Crippen LogP contribution in [0.15, 0.2) is 24.3 Å². The van der Waals surface area contributed by atoms with Gasteiger partial charge in [0.15, 0.2) is 0 Å². The zero-order chi connectivity index (χ0) is 10.7. The highest BCUT2D eigenvalue weighted by Gasteiger charge is 2.22. The summed E-state index contributed by atoms with van der Waals surface area (Å²) in [5.74, 6) is 0.487. The van der Waals surface area contributed by atoms with Crippen LogP contribution < -0.4 is 5.73 Å². The lowest BCUT2D eigenvalue weighted by atomic mass is 9.90. The Labute approximate surface area is 91.4 Å². The van der Waals surface area contributed by atoms with Crippen molar-refractivity contribution in [3.8, 4) is 0 Å². The van der Waals surface area contributed by atoms with Crippen LogP contribution in [0, 0.1) is 12.8 Å². The fourth-order valence-electron chi connectivity index (χ4n) is 2.17. The average molecular weight is 205 g/mol. The van der Waals surface area contributed by atoms with Crippen LogP contribution in [0.4, 0.5) is 0 Å². The first-order valence-electron chi connectivity index (χ1n) is 5.64. The first-order chi connectivity index (χ1) is 7.25. The summed E-state index contributed by atoms with van der Waals surface area (Å²) in [7, 11) is 0. The summed E-state index contributed by atoms with van der Waals surface area (Å²) in [6, 6.07) is 8.95. The maximum atomic E-state index is 6.08. The van der Waals surface area contributed by atoms with Gasteiger partial charge in [0.05, 0.1) is 6.61 Å². The SMILES string of the molecule is Cc1cccc(CC2COCCC2N)c1. The maximum Gasteiger partial charge on any atom is 0.0512 e. The minimum absolute atomic E-state index is 0.305. The highest BCUT2D eigenvalue weighted by atomic mass is 16.5. The molecule has 1 heterocycles. The van der Waals surface area contributed by atoms with Gasteiger partial charge in [-0.3, -0.25) is 0 Å². The molecule has 0 radical (unpaired) electrons. The van der Waals surface area contributed by atoms with Crippen molar-refractivity contribution in [2.75, 3.05) is 13.2 Å². The number of aryl methyl sites for hydroxylation is 1. The fourth-order valence-corrected chi connectivity index (χ4v) is 2.17. The van der Waals surface area contributed by atoms with E-state index in [-0.39, 0.29) is 0 Å². The monoisotopic (exact) mass is 205 g/mol. The summed E-state index contributed by atoms with van der Waals surface area (Å²) >= 11 is 0. The number of hydrogen-bond acceptors (Lipinski definition) is 2. The molecule has 1 saturated heterocycles. The third kappa shape index (κ3) is 2.80. The molecule has 0 spiro atoms. The number of ether oxygens (including phenoxy) is 1. The lowest BCUT2D eigenvalue weighted by Crippen LogP contribution is -2.39. The molecule has 1 aromatic rings. The molecule has 1 aliphatic rings. The van der Waals surface area contributed by atoms with E-state index in [0.29, 0.717) is 12.0 Å².